The van der Waals surface area contributed by atoms with E-state index in [1.165, 1.54) is 28.9 Å². The molecule has 1 atom stereocenters. The van der Waals surface area contributed by atoms with Crippen molar-refractivity contribution < 1.29 is 0 Å². The number of hydrogen-bond donors (Lipinski definition) is 0. The first-order chi connectivity index (χ1) is 9.15. The zero-order valence-electron chi connectivity index (χ0n) is 11.6. The molecule has 1 unspecified atom stereocenters. The highest BCUT2D eigenvalue weighted by molar-refractivity contribution is 8.00. The lowest BCUT2D eigenvalue weighted by molar-refractivity contribution is 0.451. The number of thioether (sulfide) groups is 1. The number of rotatable bonds is 2. The zero-order valence-corrected chi connectivity index (χ0v) is 12.4. The second-order valence-corrected chi connectivity index (χ2v) is 7.36. The van der Waals surface area contributed by atoms with Gasteiger partial charge in [-0.15, -0.1) is 11.8 Å². The van der Waals surface area contributed by atoms with Gasteiger partial charge in [0.15, 0.2) is 0 Å². The van der Waals surface area contributed by atoms with E-state index in [0.717, 1.165) is 0 Å². The van der Waals surface area contributed by atoms with E-state index in [0.29, 0.717) is 10.7 Å². The fourth-order valence-electron chi connectivity index (χ4n) is 3.02. The van der Waals surface area contributed by atoms with E-state index >= 15 is 0 Å². The predicted molar refractivity (Wildman–Crippen MR) is 83.9 cm³/mol. The van der Waals surface area contributed by atoms with Crippen LogP contribution in [0.1, 0.15) is 31.4 Å². The molecule has 0 N–H and O–H groups in total. The van der Waals surface area contributed by atoms with Gasteiger partial charge in [0.2, 0.25) is 0 Å². The van der Waals surface area contributed by atoms with Crippen LogP contribution in [0.15, 0.2) is 59.5 Å². The minimum Gasteiger partial charge on any atom is -0.122 e. The molecule has 1 aliphatic heterocycles. The molecule has 2 aromatic carbocycles. The highest BCUT2D eigenvalue weighted by Gasteiger charge is 2.33. The molecule has 0 amide bonds. The predicted octanol–water partition coefficient (Wildman–Crippen LogP) is 5.07. The largest absolute Gasteiger partial charge is 0.122 e. The van der Waals surface area contributed by atoms with Gasteiger partial charge >= 0.3 is 0 Å². The standard InChI is InChI=1S/C18H20S/c1-18(2)13-15(12-14-8-4-3-5-9-14)19-17-11-7-6-10-16(17)18/h3-11,15H,12-13H2,1-2H3. The van der Waals surface area contributed by atoms with Crippen LogP contribution in [0, 0.1) is 0 Å². The van der Waals surface area contributed by atoms with E-state index in [4.69, 9.17) is 0 Å². The molecule has 19 heavy (non-hydrogen) atoms. The van der Waals surface area contributed by atoms with Gasteiger partial charge in [-0.05, 0) is 35.4 Å². The molecule has 0 spiro atoms. The Bertz CT molecular complexity index is 557. The first kappa shape index (κ1) is 12.8. The molecule has 0 bridgehead atoms. The van der Waals surface area contributed by atoms with Gasteiger partial charge in [-0.2, -0.15) is 0 Å². The second kappa shape index (κ2) is 5.05. The van der Waals surface area contributed by atoms with E-state index in [-0.39, 0.29) is 0 Å². The quantitative estimate of drug-likeness (QED) is 0.732. The summed E-state index contributed by atoms with van der Waals surface area (Å²) in [5, 5.41) is 0.687. The lowest BCUT2D eigenvalue weighted by atomic mass is 9.79. The Hall–Kier alpha value is -1.21. The summed E-state index contributed by atoms with van der Waals surface area (Å²) >= 11 is 2.05. The number of benzene rings is 2. The smallest absolute Gasteiger partial charge is 0.0143 e. The van der Waals surface area contributed by atoms with Crippen molar-refractivity contribution in [3.8, 4) is 0 Å². The highest BCUT2D eigenvalue weighted by Crippen LogP contribution is 2.46. The van der Waals surface area contributed by atoms with Crippen molar-refractivity contribution in [1.29, 1.82) is 0 Å². The number of fused-ring (bicyclic) bond motifs is 1. The monoisotopic (exact) mass is 268 g/mol. The minimum atomic E-state index is 0.293. The molecule has 1 heterocycles. The fourth-order valence-corrected chi connectivity index (χ4v) is 4.78. The summed E-state index contributed by atoms with van der Waals surface area (Å²) < 4.78 is 0. The third-order valence-electron chi connectivity index (χ3n) is 3.95. The van der Waals surface area contributed by atoms with Gasteiger partial charge in [0, 0.05) is 10.1 Å². The fraction of sp³-hybridized carbons (Fsp3) is 0.333. The topological polar surface area (TPSA) is 0 Å². The Labute approximate surface area is 120 Å². The van der Waals surface area contributed by atoms with Crippen molar-refractivity contribution in [2.45, 2.75) is 42.2 Å². The van der Waals surface area contributed by atoms with Crippen LogP contribution >= 0.6 is 11.8 Å². The average molecular weight is 268 g/mol. The Morgan fingerprint density at radius 3 is 2.47 bits per heavy atom. The van der Waals surface area contributed by atoms with Crippen molar-refractivity contribution in [3.05, 3.63) is 65.7 Å². The molecule has 3 rings (SSSR count). The molecule has 0 radical (unpaired) electrons. The average Bonchev–Trinajstić information content (AvgIpc) is 2.39. The van der Waals surface area contributed by atoms with Crippen LogP contribution in [0.3, 0.4) is 0 Å². The summed E-state index contributed by atoms with van der Waals surface area (Å²) in [5.41, 5.74) is 3.26. The second-order valence-electron chi connectivity index (χ2n) is 6.01. The maximum atomic E-state index is 2.38. The third kappa shape index (κ3) is 2.71. The van der Waals surface area contributed by atoms with Crippen molar-refractivity contribution in [2.75, 3.05) is 0 Å². The molecule has 2 aromatic rings. The van der Waals surface area contributed by atoms with Crippen LogP contribution in [0.4, 0.5) is 0 Å². The van der Waals surface area contributed by atoms with E-state index in [2.05, 4.69) is 80.2 Å². The Morgan fingerprint density at radius 1 is 1.00 bits per heavy atom. The molecular weight excluding hydrogens is 248 g/mol. The summed E-state index contributed by atoms with van der Waals surface area (Å²) in [7, 11) is 0. The third-order valence-corrected chi connectivity index (χ3v) is 5.23. The Balaban J connectivity index is 1.84. The van der Waals surface area contributed by atoms with Gasteiger partial charge in [0.05, 0.1) is 0 Å². The van der Waals surface area contributed by atoms with Gasteiger partial charge in [-0.3, -0.25) is 0 Å². The summed E-state index contributed by atoms with van der Waals surface area (Å²) in [6.45, 7) is 4.76. The molecule has 0 aromatic heterocycles. The van der Waals surface area contributed by atoms with Crippen LogP contribution in [0.25, 0.3) is 0 Å². The number of hydrogen-bond acceptors (Lipinski definition) is 1. The summed E-state index contributed by atoms with van der Waals surface area (Å²) in [5.74, 6) is 0. The normalized spacial score (nSPS) is 20.8. The summed E-state index contributed by atoms with van der Waals surface area (Å²) in [6.07, 6.45) is 2.42. The lowest BCUT2D eigenvalue weighted by Gasteiger charge is -2.37. The first-order valence-corrected chi connectivity index (χ1v) is 7.83. The van der Waals surface area contributed by atoms with Crippen LogP contribution in [0.2, 0.25) is 0 Å². The van der Waals surface area contributed by atoms with E-state index < -0.39 is 0 Å². The molecule has 0 aliphatic carbocycles. The van der Waals surface area contributed by atoms with E-state index in [1.807, 2.05) is 0 Å². The van der Waals surface area contributed by atoms with Crippen LogP contribution in [0.5, 0.6) is 0 Å². The molecule has 1 heteroatoms. The van der Waals surface area contributed by atoms with E-state index in [1.54, 1.807) is 0 Å². The molecule has 0 saturated heterocycles. The van der Waals surface area contributed by atoms with Crippen molar-refractivity contribution >= 4 is 11.8 Å². The van der Waals surface area contributed by atoms with Gasteiger partial charge in [-0.1, -0.05) is 62.4 Å². The maximum Gasteiger partial charge on any atom is 0.0143 e. The van der Waals surface area contributed by atoms with Crippen LogP contribution < -0.4 is 0 Å². The SMILES string of the molecule is CC1(C)CC(Cc2ccccc2)Sc2ccccc21. The van der Waals surface area contributed by atoms with Crippen molar-refractivity contribution in [2.24, 2.45) is 0 Å². The Kier molecular flexibility index (Phi) is 3.40. The molecular formula is C18H20S. The van der Waals surface area contributed by atoms with Crippen molar-refractivity contribution in [3.63, 3.8) is 0 Å². The highest BCUT2D eigenvalue weighted by atomic mass is 32.2. The minimum absolute atomic E-state index is 0.293. The van der Waals surface area contributed by atoms with Crippen LogP contribution in [-0.2, 0) is 11.8 Å². The first-order valence-electron chi connectivity index (χ1n) is 6.95. The van der Waals surface area contributed by atoms with Crippen molar-refractivity contribution in [1.82, 2.24) is 0 Å². The molecule has 0 nitrogen and oxygen atoms in total. The summed E-state index contributed by atoms with van der Waals surface area (Å²) in [4.78, 5) is 1.47. The molecule has 0 saturated carbocycles. The molecule has 1 aliphatic rings. The molecule has 0 fully saturated rings. The van der Waals surface area contributed by atoms with Gasteiger partial charge in [0.1, 0.15) is 0 Å². The molecule has 98 valence electrons. The van der Waals surface area contributed by atoms with Gasteiger partial charge in [-0.25, -0.2) is 0 Å². The lowest BCUT2D eigenvalue weighted by Crippen LogP contribution is -2.29. The van der Waals surface area contributed by atoms with Gasteiger partial charge in [0.25, 0.3) is 0 Å². The summed E-state index contributed by atoms with van der Waals surface area (Å²) in [6, 6.07) is 19.8. The Morgan fingerprint density at radius 2 is 1.68 bits per heavy atom. The zero-order chi connectivity index (χ0) is 13.3. The van der Waals surface area contributed by atoms with E-state index in [9.17, 15) is 0 Å². The van der Waals surface area contributed by atoms with Gasteiger partial charge < -0.3 is 0 Å². The maximum absolute atomic E-state index is 2.38. The van der Waals surface area contributed by atoms with Crippen LogP contribution in [-0.4, -0.2) is 5.25 Å².